The van der Waals surface area contributed by atoms with E-state index < -0.39 is 0 Å². The molecule has 3 heteroatoms. The van der Waals surface area contributed by atoms with Gasteiger partial charge >= 0.3 is 0 Å². The second-order valence-corrected chi connectivity index (χ2v) is 5.02. The Bertz CT molecular complexity index is 246. The fourth-order valence-corrected chi connectivity index (χ4v) is 1.56. The van der Waals surface area contributed by atoms with E-state index in [-0.39, 0.29) is 23.8 Å². The number of hydrogen-bond donors (Lipinski definition) is 2. The second kappa shape index (κ2) is 5.31. The van der Waals surface area contributed by atoms with Crippen molar-refractivity contribution >= 4 is 5.91 Å². The number of allylic oxidation sites excluding steroid dienone is 2. The van der Waals surface area contributed by atoms with Crippen LogP contribution in [0.1, 0.15) is 33.1 Å². The van der Waals surface area contributed by atoms with Gasteiger partial charge in [0.25, 0.3) is 0 Å². The van der Waals surface area contributed by atoms with Crippen LogP contribution < -0.4 is 5.32 Å². The molecular weight excluding hydrogens is 190 g/mol. The van der Waals surface area contributed by atoms with Crippen molar-refractivity contribution in [2.75, 3.05) is 13.2 Å². The zero-order chi connectivity index (χ0) is 11.3. The van der Waals surface area contributed by atoms with Crippen molar-refractivity contribution in [3.63, 3.8) is 0 Å². The summed E-state index contributed by atoms with van der Waals surface area (Å²) in [5.74, 6) is 0.255. The zero-order valence-corrected chi connectivity index (χ0v) is 9.62. The largest absolute Gasteiger partial charge is 0.396 e. The van der Waals surface area contributed by atoms with Crippen molar-refractivity contribution < 1.29 is 9.90 Å². The van der Waals surface area contributed by atoms with Crippen LogP contribution in [0.2, 0.25) is 0 Å². The standard InChI is InChI=1S/C12H21NO2/c1-12(2,9-14)8-13-11(15)10-6-4-3-5-7-10/h3-4,10,14H,5-9H2,1-2H3,(H,13,15). The first-order chi connectivity index (χ1) is 7.05. The van der Waals surface area contributed by atoms with Gasteiger partial charge in [-0.25, -0.2) is 0 Å². The van der Waals surface area contributed by atoms with Crippen LogP contribution in [0.5, 0.6) is 0 Å². The lowest BCUT2D eigenvalue weighted by molar-refractivity contribution is -0.125. The number of carbonyl (C=O) groups is 1. The van der Waals surface area contributed by atoms with Crippen LogP contribution in [0.4, 0.5) is 0 Å². The summed E-state index contributed by atoms with van der Waals surface area (Å²) in [4.78, 5) is 11.7. The van der Waals surface area contributed by atoms with Crippen LogP contribution >= 0.6 is 0 Å². The molecule has 3 nitrogen and oxygen atoms in total. The highest BCUT2D eigenvalue weighted by Crippen LogP contribution is 2.19. The van der Waals surface area contributed by atoms with Gasteiger partial charge in [0.05, 0.1) is 0 Å². The first-order valence-corrected chi connectivity index (χ1v) is 5.59. The summed E-state index contributed by atoms with van der Waals surface area (Å²) in [5, 5.41) is 12.0. The van der Waals surface area contributed by atoms with E-state index in [2.05, 4.69) is 17.5 Å². The van der Waals surface area contributed by atoms with Crippen LogP contribution in [-0.2, 0) is 4.79 Å². The van der Waals surface area contributed by atoms with Crippen molar-refractivity contribution in [3.05, 3.63) is 12.2 Å². The summed E-state index contributed by atoms with van der Waals surface area (Å²) in [6.45, 7) is 4.52. The summed E-state index contributed by atoms with van der Waals surface area (Å²) in [5.41, 5.74) is -0.222. The van der Waals surface area contributed by atoms with E-state index in [1.807, 2.05) is 13.8 Å². The summed E-state index contributed by atoms with van der Waals surface area (Å²) in [7, 11) is 0. The van der Waals surface area contributed by atoms with Gasteiger partial charge in [-0.1, -0.05) is 26.0 Å². The first kappa shape index (κ1) is 12.2. The highest BCUT2D eigenvalue weighted by Gasteiger charge is 2.22. The number of amides is 1. The topological polar surface area (TPSA) is 49.3 Å². The average molecular weight is 211 g/mol. The van der Waals surface area contributed by atoms with Gasteiger partial charge < -0.3 is 10.4 Å². The average Bonchev–Trinajstić information content (AvgIpc) is 2.27. The number of carbonyl (C=O) groups excluding carboxylic acids is 1. The minimum Gasteiger partial charge on any atom is -0.396 e. The van der Waals surface area contributed by atoms with Crippen molar-refractivity contribution in [1.82, 2.24) is 5.32 Å². The molecule has 1 aliphatic rings. The molecule has 0 aromatic heterocycles. The third-order valence-electron chi connectivity index (χ3n) is 2.81. The molecule has 86 valence electrons. The molecule has 1 atom stereocenters. The summed E-state index contributed by atoms with van der Waals surface area (Å²) >= 11 is 0. The molecule has 0 saturated carbocycles. The Morgan fingerprint density at radius 3 is 2.80 bits per heavy atom. The van der Waals surface area contributed by atoms with Crippen molar-refractivity contribution in [3.8, 4) is 0 Å². The monoisotopic (exact) mass is 211 g/mol. The Hall–Kier alpha value is -0.830. The van der Waals surface area contributed by atoms with Gasteiger partial charge in [0.2, 0.25) is 5.91 Å². The predicted octanol–water partition coefficient (Wildman–Crippen LogP) is 1.48. The predicted molar refractivity (Wildman–Crippen MR) is 60.4 cm³/mol. The van der Waals surface area contributed by atoms with Crippen LogP contribution in [0.3, 0.4) is 0 Å². The van der Waals surface area contributed by atoms with Crippen LogP contribution in [-0.4, -0.2) is 24.2 Å². The summed E-state index contributed by atoms with van der Waals surface area (Å²) in [6.07, 6.45) is 7.00. The smallest absolute Gasteiger partial charge is 0.223 e. The molecule has 1 rings (SSSR count). The maximum Gasteiger partial charge on any atom is 0.223 e. The third-order valence-corrected chi connectivity index (χ3v) is 2.81. The van der Waals surface area contributed by atoms with E-state index in [0.717, 1.165) is 19.3 Å². The fraction of sp³-hybridized carbons (Fsp3) is 0.750. The second-order valence-electron chi connectivity index (χ2n) is 5.02. The Kier molecular flexibility index (Phi) is 4.33. The molecule has 1 aliphatic carbocycles. The lowest BCUT2D eigenvalue weighted by Gasteiger charge is -2.24. The molecule has 0 heterocycles. The lowest BCUT2D eigenvalue weighted by atomic mass is 9.91. The van der Waals surface area contributed by atoms with E-state index in [1.54, 1.807) is 0 Å². The molecule has 0 radical (unpaired) electrons. The Morgan fingerprint density at radius 1 is 1.53 bits per heavy atom. The van der Waals surface area contributed by atoms with E-state index in [9.17, 15) is 4.79 Å². The summed E-state index contributed by atoms with van der Waals surface area (Å²) in [6, 6.07) is 0. The maximum absolute atomic E-state index is 11.7. The molecule has 1 unspecified atom stereocenters. The molecule has 0 spiro atoms. The normalized spacial score (nSPS) is 21.4. The molecular formula is C12H21NO2. The van der Waals surface area contributed by atoms with Gasteiger partial charge in [-0.15, -0.1) is 0 Å². The Labute approximate surface area is 91.6 Å². The molecule has 0 aromatic carbocycles. The Morgan fingerprint density at radius 2 is 2.27 bits per heavy atom. The molecule has 1 amide bonds. The fourth-order valence-electron chi connectivity index (χ4n) is 1.56. The van der Waals surface area contributed by atoms with Crippen LogP contribution in [0.15, 0.2) is 12.2 Å². The van der Waals surface area contributed by atoms with E-state index in [4.69, 9.17) is 5.11 Å². The maximum atomic E-state index is 11.7. The number of rotatable bonds is 4. The molecule has 0 fully saturated rings. The highest BCUT2D eigenvalue weighted by atomic mass is 16.3. The molecule has 0 aliphatic heterocycles. The zero-order valence-electron chi connectivity index (χ0n) is 9.62. The highest BCUT2D eigenvalue weighted by molar-refractivity contribution is 5.79. The van der Waals surface area contributed by atoms with Gasteiger partial charge in [0.15, 0.2) is 0 Å². The molecule has 0 saturated heterocycles. The summed E-state index contributed by atoms with van der Waals surface area (Å²) < 4.78 is 0. The Balaban J connectivity index is 2.32. The van der Waals surface area contributed by atoms with Crippen LogP contribution in [0, 0.1) is 11.3 Å². The number of hydrogen-bond acceptors (Lipinski definition) is 2. The van der Waals surface area contributed by atoms with Crippen molar-refractivity contribution in [1.29, 1.82) is 0 Å². The van der Waals surface area contributed by atoms with Crippen molar-refractivity contribution in [2.24, 2.45) is 11.3 Å². The van der Waals surface area contributed by atoms with Crippen molar-refractivity contribution in [2.45, 2.75) is 33.1 Å². The third kappa shape index (κ3) is 4.04. The molecule has 15 heavy (non-hydrogen) atoms. The lowest BCUT2D eigenvalue weighted by Crippen LogP contribution is -2.39. The quantitative estimate of drug-likeness (QED) is 0.692. The van der Waals surface area contributed by atoms with Gasteiger partial charge in [-0.05, 0) is 19.3 Å². The van der Waals surface area contributed by atoms with E-state index in [0.29, 0.717) is 6.54 Å². The number of aliphatic hydroxyl groups excluding tert-OH is 1. The minimum atomic E-state index is -0.222. The van der Waals surface area contributed by atoms with E-state index in [1.165, 1.54) is 0 Å². The molecule has 0 aromatic rings. The van der Waals surface area contributed by atoms with Gasteiger partial charge in [-0.3, -0.25) is 4.79 Å². The first-order valence-electron chi connectivity index (χ1n) is 5.59. The SMILES string of the molecule is CC(C)(CO)CNC(=O)C1CC=CCC1. The molecule has 2 N–H and O–H groups in total. The number of aliphatic hydroxyl groups is 1. The van der Waals surface area contributed by atoms with Crippen LogP contribution in [0.25, 0.3) is 0 Å². The van der Waals surface area contributed by atoms with Gasteiger partial charge in [0, 0.05) is 24.5 Å². The van der Waals surface area contributed by atoms with Gasteiger partial charge in [0.1, 0.15) is 0 Å². The van der Waals surface area contributed by atoms with E-state index >= 15 is 0 Å². The number of nitrogens with one attached hydrogen (secondary N) is 1. The molecule has 0 bridgehead atoms. The van der Waals surface area contributed by atoms with Gasteiger partial charge in [-0.2, -0.15) is 0 Å². The minimum absolute atomic E-state index is 0.0951.